The average molecular weight is 344 g/mol. The van der Waals surface area contributed by atoms with Crippen LogP contribution < -0.4 is 5.73 Å². The number of hydrogen-bond acceptors (Lipinski definition) is 6. The Balaban J connectivity index is 1.55. The van der Waals surface area contributed by atoms with Crippen LogP contribution in [0.2, 0.25) is 0 Å². The molecule has 25 heavy (non-hydrogen) atoms. The highest BCUT2D eigenvalue weighted by Crippen LogP contribution is 2.16. The third kappa shape index (κ3) is 4.25. The van der Waals surface area contributed by atoms with Crippen molar-refractivity contribution in [3.63, 3.8) is 0 Å². The Kier molecular flexibility index (Phi) is 5.47. The van der Waals surface area contributed by atoms with Crippen molar-refractivity contribution in [2.45, 2.75) is 25.6 Å². The summed E-state index contributed by atoms with van der Waals surface area (Å²) >= 11 is 0. The summed E-state index contributed by atoms with van der Waals surface area (Å²) in [5, 5.41) is 9.50. The van der Waals surface area contributed by atoms with E-state index in [0.29, 0.717) is 13.1 Å². The topological polar surface area (TPSA) is 95.8 Å². The smallest absolute Gasteiger partial charge is 0.275 e. The van der Waals surface area contributed by atoms with Crippen LogP contribution in [0.5, 0.6) is 0 Å². The lowest BCUT2D eigenvalue weighted by atomic mass is 10.2. The van der Waals surface area contributed by atoms with Crippen LogP contribution in [-0.2, 0) is 6.54 Å². The number of hydrogen-bond donors (Lipinski definition) is 2. The number of rotatable bonds is 5. The van der Waals surface area contributed by atoms with E-state index >= 15 is 0 Å². The molecule has 1 aromatic heterocycles. The Hall–Kier alpha value is -2.22. The molecule has 2 heterocycles. The number of benzene rings is 1. The Labute approximate surface area is 147 Å². The Morgan fingerprint density at radius 1 is 1.28 bits per heavy atom. The number of amides is 1. The molecular weight excluding hydrogens is 320 g/mol. The minimum absolute atomic E-state index is 0.160. The molecule has 3 N–H and O–H groups in total. The van der Waals surface area contributed by atoms with Gasteiger partial charge in [0.15, 0.2) is 5.69 Å². The quantitative estimate of drug-likeness (QED) is 0.840. The number of nitrogens with two attached hydrogens (primary N) is 1. The van der Waals surface area contributed by atoms with E-state index < -0.39 is 12.1 Å². The maximum atomic E-state index is 12.6. The molecule has 2 aromatic rings. The average Bonchev–Trinajstić information content (AvgIpc) is 3.12. The van der Waals surface area contributed by atoms with Crippen LogP contribution in [0, 0.1) is 0 Å². The van der Waals surface area contributed by atoms with E-state index in [9.17, 15) is 9.90 Å². The van der Waals surface area contributed by atoms with Gasteiger partial charge < -0.3 is 20.2 Å². The molecule has 1 aromatic carbocycles. The second-order valence-corrected chi connectivity index (χ2v) is 6.39. The van der Waals surface area contributed by atoms with E-state index in [-0.39, 0.29) is 17.5 Å². The van der Waals surface area contributed by atoms with Crippen molar-refractivity contribution in [2.75, 3.05) is 26.2 Å². The lowest BCUT2D eigenvalue weighted by molar-refractivity contribution is 0.0622. The van der Waals surface area contributed by atoms with Gasteiger partial charge in [-0.2, -0.15) is 0 Å². The highest BCUT2D eigenvalue weighted by molar-refractivity contribution is 5.92. The van der Waals surface area contributed by atoms with Crippen LogP contribution in [-0.4, -0.2) is 58.1 Å². The predicted molar refractivity (Wildman–Crippen MR) is 92.7 cm³/mol. The van der Waals surface area contributed by atoms with E-state index in [4.69, 9.17) is 10.2 Å². The molecule has 0 spiro atoms. The molecule has 1 fully saturated rings. The fourth-order valence-electron chi connectivity index (χ4n) is 2.86. The van der Waals surface area contributed by atoms with Crippen molar-refractivity contribution in [3.05, 3.63) is 53.7 Å². The van der Waals surface area contributed by atoms with Gasteiger partial charge in [-0.25, -0.2) is 4.98 Å². The Morgan fingerprint density at radius 3 is 2.60 bits per heavy atom. The van der Waals surface area contributed by atoms with Crippen LogP contribution in [0.4, 0.5) is 0 Å². The zero-order valence-corrected chi connectivity index (χ0v) is 14.3. The molecule has 0 radical (unpaired) electrons. The molecule has 1 saturated heterocycles. The summed E-state index contributed by atoms with van der Waals surface area (Å²) in [6.45, 7) is 5.38. The predicted octanol–water partition coefficient (Wildman–Crippen LogP) is 1.01. The van der Waals surface area contributed by atoms with Gasteiger partial charge in [0.2, 0.25) is 5.89 Å². The summed E-state index contributed by atoms with van der Waals surface area (Å²) in [5.74, 6) is 0.0215. The van der Waals surface area contributed by atoms with E-state index in [1.807, 2.05) is 18.2 Å². The maximum absolute atomic E-state index is 12.6. The molecule has 0 bridgehead atoms. The number of aliphatic hydroxyl groups is 1. The van der Waals surface area contributed by atoms with Crippen LogP contribution in [0.1, 0.15) is 34.9 Å². The monoisotopic (exact) mass is 344 g/mol. The summed E-state index contributed by atoms with van der Waals surface area (Å²) < 4.78 is 5.25. The van der Waals surface area contributed by atoms with Gasteiger partial charge in [-0.1, -0.05) is 30.3 Å². The Morgan fingerprint density at radius 2 is 1.96 bits per heavy atom. The molecule has 3 rings (SSSR count). The molecule has 0 saturated carbocycles. The summed E-state index contributed by atoms with van der Waals surface area (Å²) in [4.78, 5) is 20.8. The summed E-state index contributed by atoms with van der Waals surface area (Å²) in [6.07, 6.45) is 0.527. The number of carbonyl (C=O) groups excluding carboxylic acids is 1. The van der Waals surface area contributed by atoms with E-state index in [1.54, 1.807) is 11.8 Å². The first-order chi connectivity index (χ1) is 12.0. The first kappa shape index (κ1) is 17.6. The molecule has 2 unspecified atom stereocenters. The summed E-state index contributed by atoms with van der Waals surface area (Å²) in [7, 11) is 0. The van der Waals surface area contributed by atoms with Gasteiger partial charge in [-0.05, 0) is 12.5 Å². The second-order valence-electron chi connectivity index (χ2n) is 6.39. The van der Waals surface area contributed by atoms with E-state index in [2.05, 4.69) is 22.0 Å². The molecule has 7 nitrogen and oxygen atoms in total. The number of carbonyl (C=O) groups is 1. The summed E-state index contributed by atoms with van der Waals surface area (Å²) in [6, 6.07) is 9.57. The van der Waals surface area contributed by atoms with Crippen molar-refractivity contribution in [1.29, 1.82) is 0 Å². The van der Waals surface area contributed by atoms with Gasteiger partial charge in [0.25, 0.3) is 5.91 Å². The van der Waals surface area contributed by atoms with Gasteiger partial charge in [-0.3, -0.25) is 9.69 Å². The standard InChI is InChI=1S/C18H24N4O3/c1-13(23)16(19)17-20-15(12-25-17)18(24)22-9-7-21(8-10-22)11-14-5-3-2-4-6-14/h2-6,12-13,16,23H,7-11,19H2,1H3. The van der Waals surface area contributed by atoms with E-state index in [1.165, 1.54) is 11.8 Å². The molecule has 0 aliphatic carbocycles. The van der Waals surface area contributed by atoms with Gasteiger partial charge in [-0.15, -0.1) is 0 Å². The minimum Gasteiger partial charge on any atom is -0.446 e. The minimum atomic E-state index is -0.789. The van der Waals surface area contributed by atoms with Crippen molar-refractivity contribution in [3.8, 4) is 0 Å². The first-order valence-electron chi connectivity index (χ1n) is 8.49. The lowest BCUT2D eigenvalue weighted by Crippen LogP contribution is -2.48. The number of oxazole rings is 1. The zero-order valence-electron chi connectivity index (χ0n) is 14.3. The normalized spacial score (nSPS) is 18.1. The van der Waals surface area contributed by atoms with Crippen LogP contribution in [0.25, 0.3) is 0 Å². The van der Waals surface area contributed by atoms with E-state index in [0.717, 1.165) is 19.6 Å². The van der Waals surface area contributed by atoms with Gasteiger partial charge in [0.1, 0.15) is 12.3 Å². The van der Waals surface area contributed by atoms with Crippen LogP contribution in [0.3, 0.4) is 0 Å². The van der Waals surface area contributed by atoms with Gasteiger partial charge >= 0.3 is 0 Å². The zero-order chi connectivity index (χ0) is 17.8. The Bertz CT molecular complexity index is 693. The lowest BCUT2D eigenvalue weighted by Gasteiger charge is -2.34. The molecule has 1 amide bonds. The fourth-order valence-corrected chi connectivity index (χ4v) is 2.86. The number of aliphatic hydroxyl groups excluding tert-OH is 1. The molecule has 2 atom stereocenters. The highest BCUT2D eigenvalue weighted by Gasteiger charge is 2.26. The third-order valence-electron chi connectivity index (χ3n) is 4.45. The molecular formula is C18H24N4O3. The molecule has 1 aliphatic rings. The SMILES string of the molecule is CC(O)C(N)c1nc(C(=O)N2CCN(Cc3ccccc3)CC2)co1. The van der Waals surface area contributed by atoms with Crippen molar-refractivity contribution in [2.24, 2.45) is 5.73 Å². The summed E-state index contributed by atoms with van der Waals surface area (Å²) in [5.41, 5.74) is 7.30. The van der Waals surface area contributed by atoms with Gasteiger partial charge in [0.05, 0.1) is 6.10 Å². The van der Waals surface area contributed by atoms with Gasteiger partial charge in [0, 0.05) is 32.7 Å². The van der Waals surface area contributed by atoms with Crippen LogP contribution >= 0.6 is 0 Å². The van der Waals surface area contributed by atoms with Crippen molar-refractivity contribution < 1.29 is 14.3 Å². The molecule has 7 heteroatoms. The maximum Gasteiger partial charge on any atom is 0.275 e. The fraction of sp³-hybridized carbons (Fsp3) is 0.444. The molecule has 134 valence electrons. The third-order valence-corrected chi connectivity index (χ3v) is 4.45. The van der Waals surface area contributed by atoms with Crippen molar-refractivity contribution >= 4 is 5.91 Å². The second kappa shape index (κ2) is 7.77. The largest absolute Gasteiger partial charge is 0.446 e. The van der Waals surface area contributed by atoms with Crippen molar-refractivity contribution in [1.82, 2.24) is 14.8 Å². The first-order valence-corrected chi connectivity index (χ1v) is 8.49. The molecule has 1 aliphatic heterocycles. The number of piperazine rings is 1. The van der Waals surface area contributed by atoms with Crippen LogP contribution in [0.15, 0.2) is 41.0 Å². The number of aromatic nitrogens is 1. The number of nitrogens with zero attached hydrogens (tertiary/aromatic N) is 3. The highest BCUT2D eigenvalue weighted by atomic mass is 16.3.